The van der Waals surface area contributed by atoms with Crippen LogP contribution in [0, 0.1) is 23.7 Å². The van der Waals surface area contributed by atoms with Crippen molar-refractivity contribution in [2.75, 3.05) is 0 Å². The first-order valence-corrected chi connectivity index (χ1v) is 13.5. The summed E-state index contributed by atoms with van der Waals surface area (Å²) < 4.78 is 0. The third-order valence-electron chi connectivity index (χ3n) is 10.3. The van der Waals surface area contributed by atoms with E-state index in [2.05, 4.69) is 84.9 Å². The van der Waals surface area contributed by atoms with Crippen LogP contribution < -0.4 is 4.98 Å². The zero-order valence-electron chi connectivity index (χ0n) is 20.3. The number of rotatable bonds is 1. The molecule has 2 heteroatoms. The average Bonchev–Trinajstić information content (AvgIpc) is 3.40. The monoisotopic (exact) mass is 634 g/mol. The molecule has 176 valence electrons. The predicted octanol–water partition coefficient (Wildman–Crippen LogP) is 8.34. The minimum Gasteiger partial charge on any atom is -0.657 e. The summed E-state index contributed by atoms with van der Waals surface area (Å²) in [5.74, 6) is 3.62. The summed E-state index contributed by atoms with van der Waals surface area (Å²) in [6.45, 7) is 0. The first-order chi connectivity index (χ1) is 17.3. The van der Waals surface area contributed by atoms with Crippen LogP contribution >= 0.6 is 0 Å². The molecule has 1 aromatic heterocycles. The first-order valence-electron chi connectivity index (χ1n) is 13.5. The zero-order valence-corrected chi connectivity index (χ0v) is 23.2. The molecule has 0 N–H and O–H groups in total. The molecule has 0 amide bonds. The Hall–Kier alpha value is -2.63. The third kappa shape index (κ3) is 2.61. The van der Waals surface area contributed by atoms with Crippen LogP contribution in [0.25, 0.3) is 44.1 Å². The van der Waals surface area contributed by atoms with Crippen molar-refractivity contribution < 1.29 is 21.1 Å². The van der Waals surface area contributed by atoms with Crippen LogP contribution in [-0.4, -0.2) is 0 Å². The van der Waals surface area contributed by atoms with Gasteiger partial charge in [-0.05, 0) is 106 Å². The SMILES string of the molecule is [W].c1ccc2c(c1)-c1cc(-c3ccc4c(c3)[n-]c3ccccc34)ccc1C21C2CC3CC(C2)CC1C3. The molecule has 4 bridgehead atoms. The maximum atomic E-state index is 4.93. The molecule has 10 rings (SSSR count). The largest absolute Gasteiger partial charge is 0.657 e. The average molecular weight is 634 g/mol. The summed E-state index contributed by atoms with van der Waals surface area (Å²) in [4.78, 5) is 4.93. The summed E-state index contributed by atoms with van der Waals surface area (Å²) in [5.41, 5.74) is 11.3. The number of aromatic nitrogens is 1. The maximum Gasteiger partial charge on any atom is 0.0271 e. The smallest absolute Gasteiger partial charge is 0.0271 e. The fourth-order valence-electron chi connectivity index (χ4n) is 9.30. The van der Waals surface area contributed by atoms with E-state index >= 15 is 0 Å². The quantitative estimate of drug-likeness (QED) is 0.181. The van der Waals surface area contributed by atoms with Gasteiger partial charge in [-0.1, -0.05) is 78.9 Å². The Morgan fingerprint density at radius 2 is 1.19 bits per heavy atom. The molecule has 0 atom stereocenters. The van der Waals surface area contributed by atoms with Gasteiger partial charge in [0.2, 0.25) is 0 Å². The molecule has 0 saturated heterocycles. The van der Waals surface area contributed by atoms with E-state index in [1.165, 1.54) is 65.1 Å². The van der Waals surface area contributed by atoms with E-state index in [9.17, 15) is 0 Å². The van der Waals surface area contributed by atoms with Crippen molar-refractivity contribution in [3.05, 3.63) is 96.1 Å². The Balaban J connectivity index is 0.00000205. The molecule has 0 unspecified atom stereocenters. The van der Waals surface area contributed by atoms with Gasteiger partial charge in [-0.3, -0.25) is 0 Å². The molecule has 4 fully saturated rings. The van der Waals surface area contributed by atoms with Crippen LogP contribution in [0.5, 0.6) is 0 Å². The van der Waals surface area contributed by atoms with Gasteiger partial charge < -0.3 is 4.98 Å². The van der Waals surface area contributed by atoms with Crippen molar-refractivity contribution in [3.8, 4) is 22.3 Å². The van der Waals surface area contributed by atoms with Gasteiger partial charge in [0.1, 0.15) is 0 Å². The summed E-state index contributed by atoms with van der Waals surface area (Å²) in [5, 5.41) is 2.50. The second kappa shape index (κ2) is 7.45. The van der Waals surface area contributed by atoms with Gasteiger partial charge in [-0.15, -0.1) is 11.0 Å². The van der Waals surface area contributed by atoms with Gasteiger partial charge >= 0.3 is 0 Å². The molecule has 1 spiro atoms. The van der Waals surface area contributed by atoms with Crippen LogP contribution in [0.15, 0.2) is 84.9 Å². The second-order valence-electron chi connectivity index (χ2n) is 11.8. The predicted molar refractivity (Wildman–Crippen MR) is 143 cm³/mol. The normalized spacial score (nSPS) is 29.0. The van der Waals surface area contributed by atoms with Crippen LogP contribution in [0.4, 0.5) is 0 Å². The molecule has 5 aliphatic carbocycles. The summed E-state index contributed by atoms with van der Waals surface area (Å²) in [6, 6.07) is 32.2. The Kier molecular flexibility index (Phi) is 4.44. The fraction of sp³-hybridized carbons (Fsp3) is 0.294. The molecule has 4 saturated carbocycles. The summed E-state index contributed by atoms with van der Waals surface area (Å²) in [6.07, 6.45) is 7.26. The third-order valence-corrected chi connectivity index (χ3v) is 10.3. The van der Waals surface area contributed by atoms with E-state index in [0.29, 0.717) is 0 Å². The van der Waals surface area contributed by atoms with Gasteiger partial charge in [0, 0.05) is 26.5 Å². The number of para-hydroxylation sites is 1. The molecule has 5 aromatic rings. The number of fused-ring (bicyclic) bond motifs is 6. The molecule has 5 aliphatic rings. The van der Waals surface area contributed by atoms with Crippen molar-refractivity contribution in [1.82, 2.24) is 4.98 Å². The van der Waals surface area contributed by atoms with Crippen LogP contribution in [0.3, 0.4) is 0 Å². The minimum absolute atomic E-state index is 0. The maximum absolute atomic E-state index is 4.93. The van der Waals surface area contributed by atoms with E-state index in [0.717, 1.165) is 34.7 Å². The van der Waals surface area contributed by atoms with Crippen LogP contribution in [0.1, 0.15) is 43.2 Å². The molecule has 36 heavy (non-hydrogen) atoms. The molecule has 4 aromatic carbocycles. The van der Waals surface area contributed by atoms with E-state index < -0.39 is 0 Å². The number of hydrogen-bond donors (Lipinski definition) is 0. The Morgan fingerprint density at radius 1 is 0.556 bits per heavy atom. The van der Waals surface area contributed by atoms with Crippen LogP contribution in [0.2, 0.25) is 0 Å². The van der Waals surface area contributed by atoms with E-state index in [4.69, 9.17) is 4.98 Å². The molecule has 1 nitrogen and oxygen atoms in total. The number of hydrogen-bond acceptors (Lipinski definition) is 0. The standard InChI is InChI=1S/C34H28N.W/c1-3-7-30-26(5-1)29-18-22(23-9-11-28-27-6-2-4-8-32(27)35-33(28)19-23)10-12-31(29)34(30)24-14-20-13-21(16-24)17-25(34)15-20;/h1-12,18-21,24-25H,13-17H2;/q-1;. The van der Waals surface area contributed by atoms with E-state index in [-0.39, 0.29) is 26.5 Å². The van der Waals surface area contributed by atoms with Crippen molar-refractivity contribution >= 4 is 21.8 Å². The van der Waals surface area contributed by atoms with Crippen molar-refractivity contribution in [2.45, 2.75) is 37.5 Å². The molecule has 1 heterocycles. The van der Waals surface area contributed by atoms with Gasteiger partial charge in [0.05, 0.1) is 0 Å². The van der Waals surface area contributed by atoms with Gasteiger partial charge in [-0.25, -0.2) is 0 Å². The minimum atomic E-state index is 0. The van der Waals surface area contributed by atoms with Crippen LogP contribution in [-0.2, 0) is 26.5 Å². The Morgan fingerprint density at radius 3 is 2.03 bits per heavy atom. The van der Waals surface area contributed by atoms with Gasteiger partial charge in [0.15, 0.2) is 0 Å². The molecule has 0 aliphatic heterocycles. The van der Waals surface area contributed by atoms with Crippen molar-refractivity contribution in [2.24, 2.45) is 23.7 Å². The van der Waals surface area contributed by atoms with E-state index in [1.54, 1.807) is 11.1 Å². The summed E-state index contributed by atoms with van der Waals surface area (Å²) >= 11 is 0. The van der Waals surface area contributed by atoms with Gasteiger partial charge in [0.25, 0.3) is 0 Å². The fourth-order valence-corrected chi connectivity index (χ4v) is 9.30. The number of nitrogens with zero attached hydrogens (tertiary/aromatic N) is 1. The molecular formula is C34H28NW-. The topological polar surface area (TPSA) is 14.1 Å². The molecular weight excluding hydrogens is 606 g/mol. The Labute approximate surface area is 226 Å². The van der Waals surface area contributed by atoms with Gasteiger partial charge in [-0.2, -0.15) is 0 Å². The van der Waals surface area contributed by atoms with E-state index in [1.807, 2.05) is 0 Å². The second-order valence-corrected chi connectivity index (χ2v) is 11.8. The zero-order chi connectivity index (χ0) is 22.7. The number of benzene rings is 4. The van der Waals surface area contributed by atoms with Crippen molar-refractivity contribution in [1.29, 1.82) is 0 Å². The first kappa shape index (κ1) is 21.5. The van der Waals surface area contributed by atoms with Crippen molar-refractivity contribution in [3.63, 3.8) is 0 Å². The molecule has 0 radical (unpaired) electrons. The Bertz CT molecular complexity index is 1650. The summed E-state index contributed by atoms with van der Waals surface area (Å²) in [7, 11) is 0.